The van der Waals surface area contributed by atoms with Gasteiger partial charge >= 0.3 is 0 Å². The Bertz CT molecular complexity index is 1490. The van der Waals surface area contributed by atoms with Crippen molar-refractivity contribution in [2.45, 2.75) is 95.8 Å². The molecule has 8 nitrogen and oxygen atoms in total. The van der Waals surface area contributed by atoms with Crippen LogP contribution in [0, 0.1) is 17.8 Å². The number of anilines is 1. The van der Waals surface area contributed by atoms with Crippen molar-refractivity contribution in [3.05, 3.63) is 58.1 Å². The number of carbonyl (C=O) groups excluding carboxylic acids is 1. The second-order valence-corrected chi connectivity index (χ2v) is 17.8. The van der Waals surface area contributed by atoms with Gasteiger partial charge in [-0.2, -0.15) is 0 Å². The van der Waals surface area contributed by atoms with Gasteiger partial charge in [0.05, 0.1) is 30.8 Å². The number of ether oxygens (including phenoxy) is 2. The number of hydrogen-bond acceptors (Lipinski definition) is 7. The lowest BCUT2D eigenvalue weighted by Crippen LogP contribution is -2.56. The Hall–Kier alpha value is -2.17. The first-order valence-corrected chi connectivity index (χ1v) is 21.3. The van der Waals surface area contributed by atoms with Crippen LogP contribution < -0.4 is 14.4 Å². The molecule has 51 heavy (non-hydrogen) atoms. The van der Waals surface area contributed by atoms with Gasteiger partial charge in [-0.05, 0) is 105 Å². The fraction of sp³-hybridized carbons (Fsp3) is 0.683. The van der Waals surface area contributed by atoms with E-state index in [9.17, 15) is 9.00 Å². The fourth-order valence-electron chi connectivity index (χ4n) is 8.56. The van der Waals surface area contributed by atoms with Gasteiger partial charge in [-0.15, -0.1) is 0 Å². The van der Waals surface area contributed by atoms with Crippen molar-refractivity contribution in [2.24, 2.45) is 17.8 Å². The molecule has 1 amide bonds. The zero-order valence-electron chi connectivity index (χ0n) is 31.4. The van der Waals surface area contributed by atoms with Gasteiger partial charge in [0, 0.05) is 61.8 Å². The molecule has 0 aromatic heterocycles. The van der Waals surface area contributed by atoms with Crippen molar-refractivity contribution in [2.75, 3.05) is 71.0 Å². The molecular formula is C41H61ClN4O4S. The average molecular weight is 741 g/mol. The van der Waals surface area contributed by atoms with Gasteiger partial charge in [0.15, 0.2) is 0 Å². The van der Waals surface area contributed by atoms with Gasteiger partial charge in [0.2, 0.25) is 0 Å². The summed E-state index contributed by atoms with van der Waals surface area (Å²) in [6.45, 7) is 15.4. The topological polar surface area (TPSA) is 74.4 Å². The van der Waals surface area contributed by atoms with Gasteiger partial charge in [-0.25, -0.2) is 4.21 Å². The lowest BCUT2D eigenvalue weighted by atomic mass is 9.70. The molecule has 2 aromatic rings. The van der Waals surface area contributed by atoms with Crippen LogP contribution in [0.25, 0.3) is 0 Å². The average Bonchev–Trinajstić information content (AvgIpc) is 3.30. The summed E-state index contributed by atoms with van der Waals surface area (Å²) in [6.07, 6.45) is 10.5. The lowest BCUT2D eigenvalue weighted by molar-refractivity contribution is -0.0397. The van der Waals surface area contributed by atoms with Crippen LogP contribution in [0.1, 0.15) is 99.5 Å². The van der Waals surface area contributed by atoms with Crippen LogP contribution in [-0.4, -0.2) is 97.3 Å². The number of hydrogen-bond donors (Lipinski definition) is 1. The molecule has 4 heterocycles. The molecule has 10 heteroatoms. The zero-order chi connectivity index (χ0) is 35.9. The highest BCUT2D eigenvalue weighted by Crippen LogP contribution is 2.43. The van der Waals surface area contributed by atoms with Crippen LogP contribution in [0.3, 0.4) is 0 Å². The Balaban J connectivity index is 0.000000344. The van der Waals surface area contributed by atoms with E-state index in [4.69, 9.17) is 21.1 Å². The fourth-order valence-corrected chi connectivity index (χ4v) is 9.80. The number of rotatable bonds is 4. The number of unbranched alkanes of at least 4 members (excludes halogenated alkanes) is 1. The van der Waals surface area contributed by atoms with E-state index < -0.39 is 11.0 Å². The SMILES string of the molecule is CCCCc1cc(Cl)ccc1C1COc2ccc3cc2N(C1)CC1CCC1CCCCC(C)C(C)S(=O)NC3=O.CN1CCN2CCOC[C@H]2C1. The van der Waals surface area contributed by atoms with Crippen LogP contribution in [0.4, 0.5) is 5.69 Å². The van der Waals surface area contributed by atoms with E-state index in [1.54, 1.807) is 0 Å². The van der Waals surface area contributed by atoms with Crippen LogP contribution in [0.2, 0.25) is 5.02 Å². The summed E-state index contributed by atoms with van der Waals surface area (Å²) < 4.78 is 27.7. The number of morpholine rings is 1. The van der Waals surface area contributed by atoms with Crippen molar-refractivity contribution < 1.29 is 18.5 Å². The summed E-state index contributed by atoms with van der Waals surface area (Å²) in [6, 6.07) is 12.7. The first-order valence-electron chi connectivity index (χ1n) is 19.7. The standard InChI is InChI=1S/C33H45ClN2O3S.C8H16N2O/c1-4-5-9-25-17-29(34)14-15-30(25)28-20-36-19-27-12-11-24(27)10-7-6-8-22(2)23(3)40(38)35-33(37)26-13-16-32(39-21-28)31(36)18-26;1-9-2-3-10-4-5-11-7-8(10)6-9/h13-18,22-24,27-28H,4-12,19-21H2,1-3H3,(H,35,37);8H,2-7H2,1H3/t;8-/m.1/s1. The van der Waals surface area contributed by atoms with Crippen LogP contribution in [-0.2, 0) is 22.1 Å². The third-order valence-electron chi connectivity index (χ3n) is 12.3. The van der Waals surface area contributed by atoms with E-state index in [-0.39, 0.29) is 17.1 Å². The van der Waals surface area contributed by atoms with Crippen molar-refractivity contribution in [3.8, 4) is 5.75 Å². The zero-order valence-corrected chi connectivity index (χ0v) is 33.0. The maximum absolute atomic E-state index is 13.3. The predicted octanol–water partition coefficient (Wildman–Crippen LogP) is 7.32. The third kappa shape index (κ3) is 9.88. The number of carbonyl (C=O) groups is 1. The first-order chi connectivity index (χ1) is 24.7. The van der Waals surface area contributed by atoms with Crippen molar-refractivity contribution in [1.29, 1.82) is 0 Å². The van der Waals surface area contributed by atoms with E-state index in [2.05, 4.69) is 52.4 Å². The van der Waals surface area contributed by atoms with Crippen molar-refractivity contribution in [3.63, 3.8) is 0 Å². The molecule has 5 aliphatic rings. The smallest absolute Gasteiger partial charge is 0.263 e. The highest BCUT2D eigenvalue weighted by atomic mass is 35.5. The largest absolute Gasteiger partial charge is 0.491 e. The molecule has 1 aliphatic carbocycles. The molecule has 0 spiro atoms. The molecule has 7 atom stereocenters. The number of aryl methyl sites for hydroxylation is 1. The van der Waals surface area contributed by atoms with Gasteiger partial charge in [-0.1, -0.05) is 57.2 Å². The molecule has 4 aliphatic heterocycles. The van der Waals surface area contributed by atoms with Gasteiger partial charge in [0.25, 0.3) is 5.91 Å². The minimum absolute atomic E-state index is 0.0870. The number of nitrogens with one attached hydrogen (secondary N) is 1. The van der Waals surface area contributed by atoms with Gasteiger partial charge in [0.1, 0.15) is 16.7 Å². The number of amides is 1. The molecule has 1 N–H and O–H groups in total. The number of likely N-dealkylation sites (N-methyl/N-ethyl adjacent to an activating group) is 1. The van der Waals surface area contributed by atoms with E-state index >= 15 is 0 Å². The summed E-state index contributed by atoms with van der Waals surface area (Å²) in [5, 5.41) is 0.697. The second-order valence-electron chi connectivity index (χ2n) is 15.9. The third-order valence-corrected chi connectivity index (χ3v) is 14.0. The monoisotopic (exact) mass is 740 g/mol. The molecular weight excluding hydrogens is 680 g/mol. The Morgan fingerprint density at radius 3 is 2.57 bits per heavy atom. The molecule has 3 fully saturated rings. The molecule has 2 aromatic carbocycles. The van der Waals surface area contributed by atoms with E-state index in [0.717, 1.165) is 87.3 Å². The van der Waals surface area contributed by atoms with Gasteiger partial charge < -0.3 is 19.3 Å². The lowest BCUT2D eigenvalue weighted by Gasteiger charge is -2.42. The molecule has 1 saturated carbocycles. The summed E-state index contributed by atoms with van der Waals surface area (Å²) in [5.41, 5.74) is 4.14. The molecule has 2 saturated heterocycles. The highest BCUT2D eigenvalue weighted by Gasteiger charge is 2.35. The highest BCUT2D eigenvalue weighted by molar-refractivity contribution is 7.84. The molecule has 282 valence electrons. The van der Waals surface area contributed by atoms with Crippen molar-refractivity contribution >= 4 is 34.2 Å². The van der Waals surface area contributed by atoms with Crippen molar-refractivity contribution in [1.82, 2.24) is 14.5 Å². The summed E-state index contributed by atoms with van der Waals surface area (Å²) in [7, 11) is 0.759. The summed E-state index contributed by atoms with van der Waals surface area (Å²) in [5.74, 6) is 2.45. The van der Waals surface area contributed by atoms with Crippen LogP contribution >= 0.6 is 11.6 Å². The summed E-state index contributed by atoms with van der Waals surface area (Å²) >= 11 is 6.43. The summed E-state index contributed by atoms with van der Waals surface area (Å²) in [4.78, 5) is 20.7. The molecule has 7 rings (SSSR count). The predicted molar refractivity (Wildman–Crippen MR) is 210 cm³/mol. The van der Waals surface area contributed by atoms with Crippen LogP contribution in [0.15, 0.2) is 36.4 Å². The van der Waals surface area contributed by atoms with Crippen LogP contribution in [0.5, 0.6) is 5.75 Å². The maximum atomic E-state index is 13.3. The number of fused-ring (bicyclic) bond motifs is 3. The van der Waals surface area contributed by atoms with E-state index in [1.165, 1.54) is 56.4 Å². The molecule has 6 unspecified atom stereocenters. The minimum Gasteiger partial charge on any atom is -0.491 e. The van der Waals surface area contributed by atoms with E-state index in [0.29, 0.717) is 30.0 Å². The maximum Gasteiger partial charge on any atom is 0.263 e. The number of piperazine rings is 1. The number of halogens is 1. The Kier molecular flexibility index (Phi) is 13.8. The first kappa shape index (κ1) is 38.6. The second kappa shape index (κ2) is 18.2. The number of benzene rings is 2. The quantitative estimate of drug-likeness (QED) is 0.353. The Morgan fingerprint density at radius 1 is 0.941 bits per heavy atom. The molecule has 2 bridgehead atoms. The van der Waals surface area contributed by atoms with Gasteiger partial charge in [-0.3, -0.25) is 14.4 Å². The normalized spacial score (nSPS) is 30.6. The molecule has 0 radical (unpaired) electrons. The Morgan fingerprint density at radius 2 is 1.76 bits per heavy atom. The van der Waals surface area contributed by atoms with E-state index in [1.807, 2.05) is 31.2 Å². The minimum atomic E-state index is -1.43. The number of nitrogens with zero attached hydrogens (tertiary/aromatic N) is 3. The Labute approximate surface area is 314 Å².